The Hall–Kier alpha value is -2.80. The van der Waals surface area contributed by atoms with Gasteiger partial charge in [0.25, 0.3) is 0 Å². The number of piperidine rings is 1. The van der Waals surface area contributed by atoms with Crippen LogP contribution >= 0.6 is 0 Å². The van der Waals surface area contributed by atoms with Crippen molar-refractivity contribution in [2.24, 2.45) is 17.8 Å². The Morgan fingerprint density at radius 1 is 1.05 bits per heavy atom. The molecule has 6 nitrogen and oxygen atoms in total. The number of pyridine rings is 1. The molecule has 0 amide bonds. The first kappa shape index (κ1) is 24.0. The van der Waals surface area contributed by atoms with Crippen LogP contribution in [0.2, 0.25) is 0 Å². The van der Waals surface area contributed by atoms with Gasteiger partial charge in [0.2, 0.25) is 0 Å². The molecule has 2 unspecified atom stereocenters. The topological polar surface area (TPSA) is 54.4 Å². The highest BCUT2D eigenvalue weighted by Gasteiger charge is 2.48. The molecule has 7 heteroatoms. The van der Waals surface area contributed by atoms with Gasteiger partial charge in [-0.1, -0.05) is 31.2 Å². The number of hydrogen-bond donors (Lipinski definition) is 0. The number of ether oxygens (including phenoxy) is 1. The van der Waals surface area contributed by atoms with Gasteiger partial charge in [-0.15, -0.1) is 0 Å². The summed E-state index contributed by atoms with van der Waals surface area (Å²) in [7, 11) is 0. The molecule has 1 aromatic carbocycles. The molecule has 2 saturated carbocycles. The monoisotopic (exact) mass is 527 g/mol. The van der Waals surface area contributed by atoms with Crippen molar-refractivity contribution in [2.45, 2.75) is 69.7 Å². The van der Waals surface area contributed by atoms with E-state index in [2.05, 4.69) is 22.8 Å². The number of anilines is 1. The highest BCUT2D eigenvalue weighted by molar-refractivity contribution is 5.92. The summed E-state index contributed by atoms with van der Waals surface area (Å²) in [5.74, 6) is 2.98. The summed E-state index contributed by atoms with van der Waals surface area (Å²) >= 11 is 0. The maximum absolute atomic E-state index is 16.5. The predicted molar refractivity (Wildman–Crippen MR) is 151 cm³/mol. The van der Waals surface area contributed by atoms with Gasteiger partial charge < -0.3 is 9.64 Å². The minimum atomic E-state index is -0.357. The van der Waals surface area contributed by atoms with Crippen molar-refractivity contribution in [2.75, 3.05) is 37.7 Å². The maximum Gasteiger partial charge on any atom is 0.319 e. The molecular weight excluding hydrogens is 489 g/mol. The Balaban J connectivity index is 1.21. The van der Waals surface area contributed by atoms with Crippen molar-refractivity contribution in [3.63, 3.8) is 0 Å². The van der Waals surface area contributed by atoms with Crippen LogP contribution in [-0.2, 0) is 0 Å². The smallest absolute Gasteiger partial charge is 0.319 e. The van der Waals surface area contributed by atoms with Crippen LogP contribution in [0.1, 0.15) is 69.8 Å². The third-order valence-corrected chi connectivity index (χ3v) is 10.3. The van der Waals surface area contributed by atoms with Crippen LogP contribution in [0.15, 0.2) is 30.5 Å². The van der Waals surface area contributed by atoms with Gasteiger partial charge in [-0.3, -0.25) is 9.88 Å². The number of halogens is 1. The van der Waals surface area contributed by atoms with Gasteiger partial charge in [-0.25, -0.2) is 4.39 Å². The second-order valence-electron chi connectivity index (χ2n) is 13.2. The second-order valence-corrected chi connectivity index (χ2v) is 13.2. The minimum Gasteiger partial charge on any atom is -0.461 e. The van der Waals surface area contributed by atoms with Crippen LogP contribution in [0, 0.1) is 23.6 Å². The lowest BCUT2D eigenvalue weighted by Gasteiger charge is -2.34. The van der Waals surface area contributed by atoms with E-state index in [1.807, 2.05) is 24.4 Å². The molecule has 5 fully saturated rings. The molecule has 4 atom stereocenters. The van der Waals surface area contributed by atoms with Crippen LogP contribution in [0.4, 0.5) is 10.2 Å². The molecule has 0 spiro atoms. The normalized spacial score (nSPS) is 30.3. The van der Waals surface area contributed by atoms with Crippen LogP contribution in [0.25, 0.3) is 22.2 Å². The van der Waals surface area contributed by atoms with E-state index in [1.54, 1.807) is 0 Å². The zero-order valence-corrected chi connectivity index (χ0v) is 22.9. The number of fused-ring (bicyclic) bond motifs is 4. The molecule has 3 aromatic rings. The Bertz CT molecular complexity index is 1410. The van der Waals surface area contributed by atoms with E-state index >= 15 is 4.39 Å². The quantitative estimate of drug-likeness (QED) is 0.381. The van der Waals surface area contributed by atoms with Crippen molar-refractivity contribution in [1.29, 1.82) is 0 Å². The first-order chi connectivity index (χ1) is 19.1. The molecule has 2 aliphatic carbocycles. The van der Waals surface area contributed by atoms with E-state index in [1.165, 1.54) is 31.2 Å². The SMILES string of the molecule is C[C@H]1CN2CCC[C@@]2(COc2nc(N3CC4CCC(C4)C3)c3cnc(-c4ccccc4C4CC4)c(F)c3n2)C1. The average Bonchev–Trinajstić information content (AvgIpc) is 3.54. The molecule has 8 rings (SSSR count). The summed E-state index contributed by atoms with van der Waals surface area (Å²) < 4.78 is 22.9. The van der Waals surface area contributed by atoms with E-state index in [0.29, 0.717) is 52.9 Å². The van der Waals surface area contributed by atoms with Gasteiger partial charge >= 0.3 is 6.01 Å². The fourth-order valence-corrected chi connectivity index (χ4v) is 8.38. The van der Waals surface area contributed by atoms with Crippen LogP contribution in [-0.4, -0.2) is 58.2 Å². The molecule has 5 heterocycles. The maximum atomic E-state index is 16.5. The lowest BCUT2D eigenvalue weighted by atomic mass is 9.92. The predicted octanol–water partition coefficient (Wildman–Crippen LogP) is 6.20. The van der Waals surface area contributed by atoms with Gasteiger partial charge in [0.15, 0.2) is 5.82 Å². The number of rotatable bonds is 6. The highest BCUT2D eigenvalue weighted by atomic mass is 19.1. The molecule has 3 saturated heterocycles. The zero-order valence-electron chi connectivity index (χ0n) is 22.9. The van der Waals surface area contributed by atoms with Gasteiger partial charge in [-0.2, -0.15) is 9.97 Å². The van der Waals surface area contributed by atoms with Crippen molar-refractivity contribution < 1.29 is 9.13 Å². The third-order valence-electron chi connectivity index (χ3n) is 10.3. The average molecular weight is 528 g/mol. The lowest BCUT2D eigenvalue weighted by Crippen LogP contribution is -2.43. The van der Waals surface area contributed by atoms with Crippen molar-refractivity contribution in [1.82, 2.24) is 19.9 Å². The van der Waals surface area contributed by atoms with E-state index in [-0.39, 0.29) is 11.4 Å². The highest BCUT2D eigenvalue weighted by Crippen LogP contribution is 2.46. The molecule has 0 N–H and O–H groups in total. The Labute approximate surface area is 230 Å². The van der Waals surface area contributed by atoms with E-state index in [0.717, 1.165) is 63.2 Å². The molecule has 0 radical (unpaired) electrons. The van der Waals surface area contributed by atoms with E-state index in [4.69, 9.17) is 19.7 Å². The summed E-state index contributed by atoms with van der Waals surface area (Å²) in [6.45, 7) is 7.10. The summed E-state index contributed by atoms with van der Waals surface area (Å²) in [6, 6.07) is 8.45. The lowest BCUT2D eigenvalue weighted by molar-refractivity contribution is 0.107. The van der Waals surface area contributed by atoms with Crippen LogP contribution < -0.4 is 9.64 Å². The molecular formula is C32H38FN5O. The van der Waals surface area contributed by atoms with Gasteiger partial charge in [0.05, 0.1) is 10.9 Å². The first-order valence-electron chi connectivity index (χ1n) is 15.1. The fraction of sp³-hybridized carbons (Fsp3) is 0.594. The van der Waals surface area contributed by atoms with E-state index in [9.17, 15) is 0 Å². The zero-order chi connectivity index (χ0) is 26.1. The Morgan fingerprint density at radius 3 is 2.69 bits per heavy atom. The molecule has 204 valence electrons. The molecule has 2 aromatic heterocycles. The summed E-state index contributed by atoms with van der Waals surface area (Å²) in [4.78, 5) is 19.4. The van der Waals surface area contributed by atoms with Crippen molar-refractivity contribution in [3.05, 3.63) is 41.8 Å². The van der Waals surface area contributed by atoms with Crippen molar-refractivity contribution >= 4 is 16.7 Å². The fourth-order valence-electron chi connectivity index (χ4n) is 8.38. The summed E-state index contributed by atoms with van der Waals surface area (Å²) in [5, 5.41) is 0.698. The second kappa shape index (κ2) is 9.12. The molecule has 5 aliphatic rings. The minimum absolute atomic E-state index is 0.0628. The Kier molecular flexibility index (Phi) is 5.62. The van der Waals surface area contributed by atoms with Gasteiger partial charge in [0.1, 0.15) is 23.6 Å². The van der Waals surface area contributed by atoms with Gasteiger partial charge in [0, 0.05) is 31.4 Å². The molecule has 39 heavy (non-hydrogen) atoms. The van der Waals surface area contributed by atoms with Gasteiger partial charge in [-0.05, 0) is 87.1 Å². The van der Waals surface area contributed by atoms with Crippen LogP contribution in [0.3, 0.4) is 0 Å². The van der Waals surface area contributed by atoms with Crippen molar-refractivity contribution in [3.8, 4) is 17.3 Å². The number of benzene rings is 1. The number of aromatic nitrogens is 3. The Morgan fingerprint density at radius 2 is 1.87 bits per heavy atom. The molecule has 2 bridgehead atoms. The number of hydrogen-bond acceptors (Lipinski definition) is 6. The van der Waals surface area contributed by atoms with E-state index < -0.39 is 0 Å². The standard InChI is InChI=1S/C32H38FN5O/c1-20-14-32(11-4-12-38(32)16-20)19-39-31-35-29-26(30(36-31)37-17-21-7-8-22(13-21)18-37)15-34-28(27(29)33)25-6-3-2-5-24(25)23-9-10-23/h2-3,5-6,15,20-23H,4,7-14,16-19H2,1H3/t20-,21?,22?,32+/m1/s1. The number of nitrogens with zero attached hydrogens (tertiary/aromatic N) is 5. The summed E-state index contributed by atoms with van der Waals surface area (Å²) in [6.07, 6.45) is 11.5. The first-order valence-corrected chi connectivity index (χ1v) is 15.1. The molecule has 3 aliphatic heterocycles. The largest absolute Gasteiger partial charge is 0.461 e. The van der Waals surface area contributed by atoms with Crippen LogP contribution in [0.5, 0.6) is 6.01 Å². The third kappa shape index (κ3) is 4.11. The summed E-state index contributed by atoms with van der Waals surface area (Å²) in [5.41, 5.74) is 2.87.